The second-order valence-corrected chi connectivity index (χ2v) is 10.9. The lowest BCUT2D eigenvalue weighted by molar-refractivity contribution is 0.284. The molecule has 0 saturated carbocycles. The van der Waals surface area contributed by atoms with E-state index in [1.165, 1.54) is 4.68 Å². The molecule has 186 valence electrons. The molecule has 0 N–H and O–H groups in total. The van der Waals surface area contributed by atoms with E-state index in [2.05, 4.69) is 21.0 Å². The molecule has 0 unspecified atom stereocenters. The monoisotopic (exact) mass is 587 g/mol. The van der Waals surface area contributed by atoms with Gasteiger partial charge in [-0.2, -0.15) is 9.78 Å². The summed E-state index contributed by atoms with van der Waals surface area (Å²) in [4.78, 5) is 18.1. The fourth-order valence-electron chi connectivity index (χ4n) is 3.54. The first kappa shape index (κ1) is 26.2. The second kappa shape index (κ2) is 10.6. The molecular formula is C27H24BrCl2N3O3. The number of benzene rings is 3. The van der Waals surface area contributed by atoms with Crippen LogP contribution in [0.15, 0.2) is 69.0 Å². The number of rotatable bonds is 6. The minimum Gasteiger partial charge on any atom is -0.493 e. The maximum Gasteiger partial charge on any atom is 0.282 e. The summed E-state index contributed by atoms with van der Waals surface area (Å²) >= 11 is 15.5. The van der Waals surface area contributed by atoms with Gasteiger partial charge in [-0.05, 0) is 59.7 Å². The van der Waals surface area contributed by atoms with Crippen molar-refractivity contribution < 1.29 is 9.47 Å². The van der Waals surface area contributed by atoms with Crippen molar-refractivity contribution >= 4 is 56.2 Å². The fraction of sp³-hybridized carbons (Fsp3) is 0.222. The van der Waals surface area contributed by atoms with Crippen molar-refractivity contribution in [3.05, 3.63) is 96.4 Å². The molecule has 1 heterocycles. The van der Waals surface area contributed by atoms with Crippen LogP contribution in [0.5, 0.6) is 11.5 Å². The van der Waals surface area contributed by atoms with Gasteiger partial charge in [-0.3, -0.25) is 4.79 Å². The Balaban J connectivity index is 1.65. The van der Waals surface area contributed by atoms with Crippen LogP contribution in [0.2, 0.25) is 10.0 Å². The fourth-order valence-corrected chi connectivity index (χ4v) is 4.22. The molecule has 4 aromatic rings. The quantitative estimate of drug-likeness (QED) is 0.223. The molecule has 4 rings (SSSR count). The highest BCUT2D eigenvalue weighted by Gasteiger charge is 2.23. The van der Waals surface area contributed by atoms with Crippen molar-refractivity contribution in [3.8, 4) is 11.5 Å². The number of ether oxygens (including phenoxy) is 2. The molecule has 0 aliphatic rings. The summed E-state index contributed by atoms with van der Waals surface area (Å²) in [6.45, 7) is 6.28. The van der Waals surface area contributed by atoms with Gasteiger partial charge in [-0.15, -0.1) is 0 Å². The van der Waals surface area contributed by atoms with Crippen LogP contribution in [0.25, 0.3) is 10.9 Å². The van der Waals surface area contributed by atoms with Gasteiger partial charge >= 0.3 is 0 Å². The Labute approximate surface area is 227 Å². The van der Waals surface area contributed by atoms with E-state index in [4.69, 9.17) is 37.7 Å². The Morgan fingerprint density at radius 1 is 1.03 bits per heavy atom. The third-order valence-electron chi connectivity index (χ3n) is 5.37. The predicted octanol–water partition coefficient (Wildman–Crippen LogP) is 7.23. The molecule has 6 nitrogen and oxygen atoms in total. The summed E-state index contributed by atoms with van der Waals surface area (Å²) in [5.74, 6) is 1.65. The Morgan fingerprint density at radius 2 is 1.81 bits per heavy atom. The lowest BCUT2D eigenvalue weighted by atomic mass is 9.95. The maximum absolute atomic E-state index is 13.3. The van der Waals surface area contributed by atoms with Gasteiger partial charge in [-0.25, -0.2) is 4.98 Å². The van der Waals surface area contributed by atoms with E-state index in [-0.39, 0.29) is 5.56 Å². The zero-order valence-electron chi connectivity index (χ0n) is 20.2. The van der Waals surface area contributed by atoms with E-state index in [1.807, 2.05) is 45.0 Å². The zero-order valence-corrected chi connectivity index (χ0v) is 23.3. The molecule has 0 aliphatic carbocycles. The average molecular weight is 589 g/mol. The van der Waals surface area contributed by atoms with Crippen LogP contribution in [0, 0.1) is 0 Å². The molecular weight excluding hydrogens is 565 g/mol. The van der Waals surface area contributed by atoms with Crippen molar-refractivity contribution in [2.24, 2.45) is 5.10 Å². The van der Waals surface area contributed by atoms with Gasteiger partial charge in [0.1, 0.15) is 12.4 Å². The lowest BCUT2D eigenvalue weighted by Gasteiger charge is -2.20. The van der Waals surface area contributed by atoms with Gasteiger partial charge in [0.15, 0.2) is 11.5 Å². The van der Waals surface area contributed by atoms with Gasteiger partial charge < -0.3 is 9.47 Å². The summed E-state index contributed by atoms with van der Waals surface area (Å²) in [6, 6.07) is 16.2. The van der Waals surface area contributed by atoms with Gasteiger partial charge in [0.05, 0.1) is 34.3 Å². The van der Waals surface area contributed by atoms with Crippen LogP contribution < -0.4 is 15.0 Å². The zero-order chi connectivity index (χ0) is 26.0. The standard InChI is InChI=1S/C27H24BrCl2N3O3/c1-27(2,3)26-32-22-9-7-18(28)13-19(22)25(34)33(26)31-14-16-6-10-23(24(12-16)35-4)36-15-17-5-8-20(29)21(30)11-17/h5-14H,15H2,1-4H3. The number of halogens is 3. The first-order valence-electron chi connectivity index (χ1n) is 11.1. The van der Waals surface area contributed by atoms with Crippen molar-refractivity contribution in [2.75, 3.05) is 7.11 Å². The van der Waals surface area contributed by atoms with Crippen LogP contribution in [0.1, 0.15) is 37.7 Å². The van der Waals surface area contributed by atoms with Gasteiger partial charge in [-0.1, -0.05) is 66.0 Å². The number of methoxy groups -OCH3 is 1. The van der Waals surface area contributed by atoms with Crippen molar-refractivity contribution in [3.63, 3.8) is 0 Å². The van der Waals surface area contributed by atoms with E-state index >= 15 is 0 Å². The number of fused-ring (bicyclic) bond motifs is 1. The second-order valence-electron chi connectivity index (χ2n) is 9.16. The van der Waals surface area contributed by atoms with Gasteiger partial charge in [0.25, 0.3) is 5.56 Å². The van der Waals surface area contributed by atoms with Gasteiger partial charge in [0.2, 0.25) is 0 Å². The van der Waals surface area contributed by atoms with Crippen LogP contribution >= 0.6 is 39.1 Å². The number of nitrogens with zero attached hydrogens (tertiary/aromatic N) is 3. The largest absolute Gasteiger partial charge is 0.493 e. The Hall–Kier alpha value is -2.87. The summed E-state index contributed by atoms with van der Waals surface area (Å²) in [6.07, 6.45) is 1.60. The minimum atomic E-state index is -0.405. The lowest BCUT2D eigenvalue weighted by Crippen LogP contribution is -2.29. The molecule has 0 saturated heterocycles. The topological polar surface area (TPSA) is 65.7 Å². The molecule has 0 spiro atoms. The summed E-state index contributed by atoms with van der Waals surface area (Å²) in [5.41, 5.74) is 1.59. The Morgan fingerprint density at radius 3 is 2.50 bits per heavy atom. The molecule has 9 heteroatoms. The van der Waals surface area contributed by atoms with Crippen molar-refractivity contribution in [1.29, 1.82) is 0 Å². The molecule has 1 aromatic heterocycles. The van der Waals surface area contributed by atoms with Crippen LogP contribution in [0.4, 0.5) is 0 Å². The highest BCUT2D eigenvalue weighted by atomic mass is 79.9. The van der Waals surface area contributed by atoms with E-state index in [0.29, 0.717) is 44.9 Å². The number of aromatic nitrogens is 2. The maximum atomic E-state index is 13.3. The van der Waals surface area contributed by atoms with E-state index < -0.39 is 5.41 Å². The Kier molecular flexibility index (Phi) is 7.73. The average Bonchev–Trinajstić information content (AvgIpc) is 2.84. The highest BCUT2D eigenvalue weighted by molar-refractivity contribution is 9.10. The molecule has 0 fully saturated rings. The normalized spacial score (nSPS) is 11.9. The van der Waals surface area contributed by atoms with E-state index in [9.17, 15) is 4.79 Å². The SMILES string of the molecule is COc1cc(C=Nn2c(C(C)(C)C)nc3ccc(Br)cc3c2=O)ccc1OCc1ccc(Cl)c(Cl)c1. The third kappa shape index (κ3) is 5.75. The minimum absolute atomic E-state index is 0.240. The van der Waals surface area contributed by atoms with E-state index in [1.54, 1.807) is 43.7 Å². The molecule has 0 bridgehead atoms. The van der Waals surface area contributed by atoms with Gasteiger partial charge in [0, 0.05) is 9.89 Å². The van der Waals surface area contributed by atoms with Crippen molar-refractivity contribution in [2.45, 2.75) is 32.8 Å². The van der Waals surface area contributed by atoms with Crippen LogP contribution in [-0.2, 0) is 12.0 Å². The van der Waals surface area contributed by atoms with E-state index in [0.717, 1.165) is 15.6 Å². The molecule has 36 heavy (non-hydrogen) atoms. The smallest absolute Gasteiger partial charge is 0.282 e. The first-order valence-corrected chi connectivity index (χ1v) is 12.6. The summed E-state index contributed by atoms with van der Waals surface area (Å²) in [7, 11) is 1.57. The summed E-state index contributed by atoms with van der Waals surface area (Å²) < 4.78 is 13.6. The molecule has 0 amide bonds. The van der Waals surface area contributed by atoms with Crippen molar-refractivity contribution in [1.82, 2.24) is 9.66 Å². The first-order chi connectivity index (χ1) is 17.1. The third-order valence-corrected chi connectivity index (χ3v) is 6.60. The highest BCUT2D eigenvalue weighted by Crippen LogP contribution is 2.30. The predicted molar refractivity (Wildman–Crippen MR) is 149 cm³/mol. The summed E-state index contributed by atoms with van der Waals surface area (Å²) in [5, 5.41) is 5.96. The number of hydrogen-bond acceptors (Lipinski definition) is 5. The Bertz CT molecular complexity index is 1530. The number of hydrogen-bond donors (Lipinski definition) is 0. The molecule has 0 aliphatic heterocycles. The van der Waals surface area contributed by atoms with Crippen LogP contribution in [-0.4, -0.2) is 23.0 Å². The molecule has 0 atom stereocenters. The molecule has 3 aromatic carbocycles. The van der Waals surface area contributed by atoms with Crippen LogP contribution in [0.3, 0.4) is 0 Å². The molecule has 0 radical (unpaired) electrons.